The predicted octanol–water partition coefficient (Wildman–Crippen LogP) is 2.64. The van der Waals surface area contributed by atoms with E-state index in [9.17, 15) is 9.59 Å². The minimum absolute atomic E-state index is 0.372. The number of rotatable bonds is 3. The third kappa shape index (κ3) is 2.61. The lowest BCUT2D eigenvalue weighted by Crippen LogP contribution is -2.25. The van der Waals surface area contributed by atoms with Gasteiger partial charge in [0.25, 0.3) is 5.91 Å². The third-order valence-electron chi connectivity index (χ3n) is 2.59. The molecule has 7 heteroatoms. The van der Waals surface area contributed by atoms with Crippen molar-refractivity contribution in [1.29, 1.82) is 0 Å². The molecule has 3 amide bonds. The Kier molecular flexibility index (Phi) is 3.87. The van der Waals surface area contributed by atoms with Crippen LogP contribution in [0.1, 0.15) is 15.9 Å². The van der Waals surface area contributed by atoms with Crippen LogP contribution < -0.4 is 16.4 Å². The van der Waals surface area contributed by atoms with Crippen LogP contribution in [-0.2, 0) is 0 Å². The summed E-state index contributed by atoms with van der Waals surface area (Å²) < 4.78 is 0. The van der Waals surface area contributed by atoms with Crippen molar-refractivity contribution in [1.82, 2.24) is 5.32 Å². The number of hydrogen-bond acceptors (Lipinski definition) is 4. The van der Waals surface area contributed by atoms with E-state index in [1.54, 1.807) is 11.3 Å². The average molecular weight is 295 g/mol. The fourth-order valence-corrected chi connectivity index (χ4v) is 3.82. The summed E-state index contributed by atoms with van der Waals surface area (Å²) in [5.41, 5.74) is 6.57. The van der Waals surface area contributed by atoms with Gasteiger partial charge in [-0.15, -0.1) is 22.7 Å². The lowest BCUT2D eigenvalue weighted by molar-refractivity contribution is 0.100. The largest absolute Gasteiger partial charge is 0.365 e. The Labute approximate surface area is 118 Å². The van der Waals surface area contributed by atoms with Gasteiger partial charge in [-0.05, 0) is 23.9 Å². The van der Waals surface area contributed by atoms with Crippen LogP contribution in [-0.4, -0.2) is 19.0 Å². The molecule has 5 nitrogen and oxygen atoms in total. The number of hydrogen-bond donors (Lipinski definition) is 3. The first-order valence-corrected chi connectivity index (χ1v) is 7.20. The highest BCUT2D eigenvalue weighted by molar-refractivity contribution is 7.24. The molecular formula is C12H13N3O2S2. The minimum atomic E-state index is -0.539. The maximum absolute atomic E-state index is 11.6. The van der Waals surface area contributed by atoms with Crippen LogP contribution >= 0.6 is 22.7 Å². The van der Waals surface area contributed by atoms with Gasteiger partial charge in [0.1, 0.15) is 5.00 Å². The molecule has 0 radical (unpaired) electrons. The number of amides is 3. The van der Waals surface area contributed by atoms with Crippen molar-refractivity contribution < 1.29 is 9.59 Å². The topological polar surface area (TPSA) is 84.2 Å². The lowest BCUT2D eigenvalue weighted by Gasteiger charge is -2.03. The van der Waals surface area contributed by atoms with Crippen molar-refractivity contribution in [3.05, 3.63) is 28.6 Å². The summed E-state index contributed by atoms with van der Waals surface area (Å²) in [4.78, 5) is 25.0. The Morgan fingerprint density at radius 2 is 2.11 bits per heavy atom. The van der Waals surface area contributed by atoms with Crippen molar-refractivity contribution in [2.45, 2.75) is 6.92 Å². The van der Waals surface area contributed by atoms with E-state index in [1.165, 1.54) is 18.4 Å². The Balaban J connectivity index is 2.51. The Bertz CT molecular complexity index is 617. The Morgan fingerprint density at radius 3 is 2.63 bits per heavy atom. The maximum atomic E-state index is 11.6. The minimum Gasteiger partial charge on any atom is -0.365 e. The van der Waals surface area contributed by atoms with E-state index < -0.39 is 5.91 Å². The molecule has 100 valence electrons. The quantitative estimate of drug-likeness (QED) is 0.813. The fraction of sp³-hybridized carbons (Fsp3) is 0.167. The fourth-order valence-electron chi connectivity index (χ4n) is 1.71. The summed E-state index contributed by atoms with van der Waals surface area (Å²) in [6, 6.07) is 3.54. The zero-order valence-electron chi connectivity index (χ0n) is 10.4. The second kappa shape index (κ2) is 5.41. The standard InChI is InChI=1S/C12H13N3O2S2/c1-6-8(10(13)16)11(15-12(17)14-2)19-9(6)7-4-3-5-18-7/h3-5H,1-2H3,(H2,13,16)(H2,14,15,17). The molecule has 0 bridgehead atoms. The van der Waals surface area contributed by atoms with E-state index in [4.69, 9.17) is 5.73 Å². The number of carbonyl (C=O) groups is 2. The van der Waals surface area contributed by atoms with Crippen molar-refractivity contribution >= 4 is 39.6 Å². The van der Waals surface area contributed by atoms with Gasteiger partial charge < -0.3 is 11.1 Å². The summed E-state index contributed by atoms with van der Waals surface area (Å²) in [5.74, 6) is -0.539. The molecule has 0 aromatic carbocycles. The smallest absolute Gasteiger partial charge is 0.319 e. The zero-order valence-corrected chi connectivity index (χ0v) is 12.1. The molecule has 0 aliphatic heterocycles. The summed E-state index contributed by atoms with van der Waals surface area (Å²) in [7, 11) is 1.51. The van der Waals surface area contributed by atoms with Crippen LogP contribution in [0.15, 0.2) is 17.5 Å². The first kappa shape index (κ1) is 13.6. The van der Waals surface area contributed by atoms with Crippen molar-refractivity contribution in [3.63, 3.8) is 0 Å². The molecule has 0 atom stereocenters. The normalized spacial score (nSPS) is 10.2. The van der Waals surface area contributed by atoms with Gasteiger partial charge in [0.05, 0.1) is 10.4 Å². The molecule has 19 heavy (non-hydrogen) atoms. The number of thiophene rings is 2. The maximum Gasteiger partial charge on any atom is 0.319 e. The van der Waals surface area contributed by atoms with Gasteiger partial charge in [0, 0.05) is 11.9 Å². The third-order valence-corrected chi connectivity index (χ3v) is 4.85. The van der Waals surface area contributed by atoms with E-state index in [-0.39, 0.29) is 6.03 Å². The van der Waals surface area contributed by atoms with Gasteiger partial charge in [-0.2, -0.15) is 0 Å². The molecule has 0 saturated heterocycles. The first-order chi connectivity index (χ1) is 9.04. The van der Waals surface area contributed by atoms with E-state index in [0.717, 1.165) is 15.3 Å². The Morgan fingerprint density at radius 1 is 1.37 bits per heavy atom. The number of nitrogens with two attached hydrogens (primary N) is 1. The number of anilines is 1. The van der Waals surface area contributed by atoms with Gasteiger partial charge in [0.15, 0.2) is 0 Å². The number of carbonyl (C=O) groups excluding carboxylic acids is 2. The van der Waals surface area contributed by atoms with E-state index in [1.807, 2.05) is 24.4 Å². The van der Waals surface area contributed by atoms with Gasteiger partial charge in [-0.3, -0.25) is 10.1 Å². The second-order valence-electron chi connectivity index (χ2n) is 3.81. The molecule has 0 spiro atoms. The molecule has 4 N–H and O–H groups in total. The van der Waals surface area contributed by atoms with E-state index in [0.29, 0.717) is 10.6 Å². The molecule has 0 aliphatic carbocycles. The SMILES string of the molecule is CNC(=O)Nc1sc(-c2cccs2)c(C)c1C(N)=O. The highest BCUT2D eigenvalue weighted by atomic mass is 32.1. The van der Waals surface area contributed by atoms with Gasteiger partial charge in [-0.25, -0.2) is 4.79 Å². The molecule has 0 fully saturated rings. The van der Waals surface area contributed by atoms with Crippen molar-refractivity contribution in [2.24, 2.45) is 5.73 Å². The van der Waals surface area contributed by atoms with E-state index in [2.05, 4.69) is 10.6 Å². The molecule has 2 aromatic heterocycles. The summed E-state index contributed by atoms with van der Waals surface area (Å²) >= 11 is 2.93. The number of urea groups is 1. The molecule has 2 rings (SSSR count). The molecule has 2 heterocycles. The van der Waals surface area contributed by atoms with Crippen molar-refractivity contribution in [2.75, 3.05) is 12.4 Å². The van der Waals surface area contributed by atoms with Crippen LogP contribution in [0.25, 0.3) is 9.75 Å². The molecule has 0 saturated carbocycles. The predicted molar refractivity (Wildman–Crippen MR) is 79.0 cm³/mol. The van der Waals surface area contributed by atoms with Crippen LogP contribution in [0, 0.1) is 6.92 Å². The van der Waals surface area contributed by atoms with Crippen LogP contribution in [0.4, 0.5) is 9.80 Å². The van der Waals surface area contributed by atoms with Gasteiger partial charge >= 0.3 is 6.03 Å². The number of primary amides is 1. The van der Waals surface area contributed by atoms with Crippen LogP contribution in [0.2, 0.25) is 0 Å². The summed E-state index contributed by atoms with van der Waals surface area (Å²) in [5, 5.41) is 7.53. The summed E-state index contributed by atoms with van der Waals surface area (Å²) in [6.45, 7) is 1.83. The van der Waals surface area contributed by atoms with Gasteiger partial charge in [-0.1, -0.05) is 6.07 Å². The Hall–Kier alpha value is -1.86. The second-order valence-corrected chi connectivity index (χ2v) is 5.77. The molecular weight excluding hydrogens is 282 g/mol. The number of nitrogens with one attached hydrogen (secondary N) is 2. The summed E-state index contributed by atoms with van der Waals surface area (Å²) in [6.07, 6.45) is 0. The lowest BCUT2D eigenvalue weighted by atomic mass is 10.1. The molecule has 0 aliphatic rings. The highest BCUT2D eigenvalue weighted by Crippen LogP contribution is 2.41. The first-order valence-electron chi connectivity index (χ1n) is 5.50. The molecule has 0 unspecified atom stereocenters. The van der Waals surface area contributed by atoms with Gasteiger partial charge in [0.2, 0.25) is 0 Å². The van der Waals surface area contributed by atoms with Crippen molar-refractivity contribution in [3.8, 4) is 9.75 Å². The highest BCUT2D eigenvalue weighted by Gasteiger charge is 2.21. The van der Waals surface area contributed by atoms with Crippen LogP contribution in [0.3, 0.4) is 0 Å². The monoisotopic (exact) mass is 295 g/mol. The average Bonchev–Trinajstić information content (AvgIpc) is 2.96. The zero-order chi connectivity index (χ0) is 14.0. The molecule has 2 aromatic rings. The van der Waals surface area contributed by atoms with Crippen LogP contribution in [0.5, 0.6) is 0 Å². The van der Waals surface area contributed by atoms with E-state index >= 15 is 0 Å².